The van der Waals surface area contributed by atoms with E-state index in [-0.39, 0.29) is 18.0 Å². The van der Waals surface area contributed by atoms with Gasteiger partial charge in [0.15, 0.2) is 0 Å². The van der Waals surface area contributed by atoms with Crippen LogP contribution in [0.25, 0.3) is 0 Å². The van der Waals surface area contributed by atoms with E-state index in [4.69, 9.17) is 11.6 Å². The smallest absolute Gasteiger partial charge is 0.332 e. The minimum Gasteiger partial charge on any atom is -0.332 e. The van der Waals surface area contributed by atoms with E-state index in [0.717, 1.165) is 5.01 Å². The van der Waals surface area contributed by atoms with Crippen LogP contribution in [0.15, 0.2) is 5.29 Å². The Morgan fingerprint density at radius 3 is 2.38 bits per heavy atom. The summed E-state index contributed by atoms with van der Waals surface area (Å²) >= 11 is 5.37. The van der Waals surface area contributed by atoms with Gasteiger partial charge in [-0.3, -0.25) is 0 Å². The number of amides is 2. The van der Waals surface area contributed by atoms with Gasteiger partial charge in [0, 0.05) is 11.4 Å². The molecule has 0 saturated carbocycles. The maximum absolute atomic E-state index is 11.2. The Labute approximate surface area is 82.4 Å². The van der Waals surface area contributed by atoms with E-state index in [1.807, 2.05) is 20.8 Å². The molecule has 1 N–H and O–H groups in total. The van der Waals surface area contributed by atoms with Crippen molar-refractivity contribution in [2.45, 2.75) is 26.3 Å². The van der Waals surface area contributed by atoms with Gasteiger partial charge < -0.3 is 5.32 Å². The Morgan fingerprint density at radius 2 is 2.08 bits per heavy atom. The van der Waals surface area contributed by atoms with E-state index < -0.39 is 6.03 Å². The van der Waals surface area contributed by atoms with Crippen LogP contribution in [0.3, 0.4) is 0 Å². The molecule has 0 aromatic carbocycles. The molecule has 5 nitrogen and oxygen atoms in total. The summed E-state index contributed by atoms with van der Waals surface area (Å²) in [5, 5.41) is 5.90. The molecule has 0 rings (SSSR count). The number of rotatable bonds is 3. The van der Waals surface area contributed by atoms with Crippen LogP contribution in [-0.4, -0.2) is 29.0 Å². The highest BCUT2D eigenvalue weighted by Gasteiger charge is 2.19. The first-order chi connectivity index (χ1) is 5.90. The SMILES string of the molecule is CC(C)(C)NC(=O)N(CCCl)N=O. The maximum atomic E-state index is 11.2. The van der Waals surface area contributed by atoms with Crippen molar-refractivity contribution >= 4 is 17.6 Å². The number of nitroso groups, excluding NO2 is 1. The Hall–Kier alpha value is -0.840. The molecule has 0 aromatic rings. The van der Waals surface area contributed by atoms with E-state index in [1.165, 1.54) is 0 Å². The van der Waals surface area contributed by atoms with Crippen LogP contribution >= 0.6 is 11.6 Å². The lowest BCUT2D eigenvalue weighted by Crippen LogP contribution is -2.47. The van der Waals surface area contributed by atoms with Crippen LogP contribution in [0.5, 0.6) is 0 Å². The van der Waals surface area contributed by atoms with Gasteiger partial charge in [-0.2, -0.15) is 5.01 Å². The van der Waals surface area contributed by atoms with Crippen molar-refractivity contribution in [1.82, 2.24) is 10.3 Å². The summed E-state index contributed by atoms with van der Waals surface area (Å²) in [5.41, 5.74) is -0.383. The van der Waals surface area contributed by atoms with Gasteiger partial charge in [0.2, 0.25) is 0 Å². The predicted molar refractivity (Wildman–Crippen MR) is 51.5 cm³/mol. The van der Waals surface area contributed by atoms with E-state index in [1.54, 1.807) is 0 Å². The number of nitrogens with one attached hydrogen (secondary N) is 1. The topological polar surface area (TPSA) is 61.8 Å². The molecule has 6 heteroatoms. The van der Waals surface area contributed by atoms with Crippen LogP contribution in [0.1, 0.15) is 20.8 Å². The van der Waals surface area contributed by atoms with E-state index in [2.05, 4.69) is 10.6 Å². The largest absolute Gasteiger partial charge is 0.340 e. The van der Waals surface area contributed by atoms with Crippen molar-refractivity contribution in [1.29, 1.82) is 0 Å². The monoisotopic (exact) mass is 207 g/mol. The fourth-order valence-corrected chi connectivity index (χ4v) is 0.805. The van der Waals surface area contributed by atoms with Crippen molar-refractivity contribution in [3.8, 4) is 0 Å². The molecule has 0 fully saturated rings. The summed E-state index contributed by atoms with van der Waals surface area (Å²) in [5.74, 6) is 0.184. The first-order valence-corrected chi connectivity index (χ1v) is 4.43. The lowest BCUT2D eigenvalue weighted by atomic mass is 10.1. The van der Waals surface area contributed by atoms with Gasteiger partial charge in [-0.05, 0) is 20.8 Å². The third-order valence-corrected chi connectivity index (χ3v) is 1.28. The molecule has 0 atom stereocenters. The van der Waals surface area contributed by atoms with Gasteiger partial charge in [-0.1, -0.05) is 0 Å². The third-order valence-electron chi connectivity index (χ3n) is 1.11. The molecule has 0 aliphatic carbocycles. The fraction of sp³-hybridized carbons (Fsp3) is 0.857. The number of hydrogen-bond donors (Lipinski definition) is 1. The molecule has 0 heterocycles. The van der Waals surface area contributed by atoms with Crippen molar-refractivity contribution in [3.05, 3.63) is 4.91 Å². The zero-order valence-electron chi connectivity index (χ0n) is 8.00. The summed E-state index contributed by atoms with van der Waals surface area (Å²) in [6.07, 6.45) is 0. The van der Waals surface area contributed by atoms with E-state index in [9.17, 15) is 9.70 Å². The molecule has 0 aliphatic heterocycles. The van der Waals surface area contributed by atoms with Crippen LogP contribution < -0.4 is 5.32 Å². The average Bonchev–Trinajstić information content (AvgIpc) is 1.96. The zero-order chi connectivity index (χ0) is 10.5. The first kappa shape index (κ1) is 12.2. The van der Waals surface area contributed by atoms with Crippen LogP contribution in [0.4, 0.5) is 4.79 Å². The summed E-state index contributed by atoms with van der Waals surface area (Å²) in [6.45, 7) is 5.56. The number of carbonyl (C=O) groups excluding carboxylic acids is 1. The summed E-state index contributed by atoms with van der Waals surface area (Å²) in [4.78, 5) is 21.4. The van der Waals surface area contributed by atoms with Crippen molar-refractivity contribution in [3.63, 3.8) is 0 Å². The van der Waals surface area contributed by atoms with Gasteiger partial charge in [0.1, 0.15) is 0 Å². The Morgan fingerprint density at radius 1 is 1.54 bits per heavy atom. The number of hydrogen-bond acceptors (Lipinski definition) is 3. The van der Waals surface area contributed by atoms with E-state index >= 15 is 0 Å². The number of alkyl halides is 1. The summed E-state index contributed by atoms with van der Waals surface area (Å²) in [6, 6.07) is -0.525. The molecule has 0 unspecified atom stereocenters. The molecular formula is C7H14ClN3O2. The minimum absolute atomic E-state index is 0.118. The summed E-state index contributed by atoms with van der Waals surface area (Å²) < 4.78 is 0. The van der Waals surface area contributed by atoms with Crippen LogP contribution in [-0.2, 0) is 0 Å². The molecule has 0 radical (unpaired) electrons. The average molecular weight is 208 g/mol. The summed E-state index contributed by atoms with van der Waals surface area (Å²) in [7, 11) is 0. The second-order valence-electron chi connectivity index (χ2n) is 3.57. The van der Waals surface area contributed by atoms with Gasteiger partial charge >= 0.3 is 6.03 Å². The van der Waals surface area contributed by atoms with Crippen LogP contribution in [0, 0.1) is 4.91 Å². The molecule has 0 saturated heterocycles. The quantitative estimate of drug-likeness (QED) is 0.435. The van der Waals surface area contributed by atoms with Crippen molar-refractivity contribution < 1.29 is 4.79 Å². The lowest BCUT2D eigenvalue weighted by molar-refractivity contribution is 0.193. The van der Waals surface area contributed by atoms with Gasteiger partial charge in [0.25, 0.3) is 0 Å². The third kappa shape index (κ3) is 5.41. The number of nitrogens with zero attached hydrogens (tertiary/aromatic N) is 2. The zero-order valence-corrected chi connectivity index (χ0v) is 8.76. The standard InChI is InChI=1S/C7H14ClN3O2/c1-7(2,3)9-6(12)11(10-13)5-4-8/h4-5H2,1-3H3,(H,9,12). The highest BCUT2D eigenvalue weighted by molar-refractivity contribution is 6.18. The molecule has 2 amide bonds. The Balaban J connectivity index is 4.14. The van der Waals surface area contributed by atoms with Gasteiger partial charge in [0.05, 0.1) is 11.8 Å². The number of halogens is 1. The molecular weight excluding hydrogens is 194 g/mol. The molecule has 0 aromatic heterocycles. The first-order valence-electron chi connectivity index (χ1n) is 3.89. The Kier molecular flexibility index (Phi) is 4.69. The van der Waals surface area contributed by atoms with Gasteiger partial charge in [-0.15, -0.1) is 16.5 Å². The van der Waals surface area contributed by atoms with Gasteiger partial charge in [-0.25, -0.2) is 4.79 Å². The Bertz CT molecular complexity index is 191. The second kappa shape index (κ2) is 5.01. The number of urea groups is 1. The second-order valence-corrected chi connectivity index (χ2v) is 3.95. The van der Waals surface area contributed by atoms with Crippen molar-refractivity contribution in [2.75, 3.05) is 12.4 Å². The normalized spacial score (nSPS) is 10.8. The number of carbonyl (C=O) groups is 1. The maximum Gasteiger partial charge on any atom is 0.340 e. The minimum atomic E-state index is -0.525. The highest BCUT2D eigenvalue weighted by Crippen LogP contribution is 2.01. The molecule has 76 valence electrons. The molecule has 13 heavy (non-hydrogen) atoms. The van der Waals surface area contributed by atoms with Crippen LogP contribution in [0.2, 0.25) is 0 Å². The predicted octanol–water partition coefficient (Wildman–Crippen LogP) is 1.72. The van der Waals surface area contributed by atoms with E-state index in [0.29, 0.717) is 0 Å². The molecule has 0 bridgehead atoms. The lowest BCUT2D eigenvalue weighted by Gasteiger charge is -2.23. The molecule has 0 spiro atoms. The van der Waals surface area contributed by atoms with Crippen molar-refractivity contribution in [2.24, 2.45) is 5.29 Å². The highest BCUT2D eigenvalue weighted by atomic mass is 35.5. The fourth-order valence-electron chi connectivity index (χ4n) is 0.645. The molecule has 0 aliphatic rings.